The van der Waals surface area contributed by atoms with E-state index < -0.39 is 35.5 Å². The Balaban J connectivity index is 1.55. The minimum absolute atomic E-state index is 0.0645. The predicted octanol–water partition coefficient (Wildman–Crippen LogP) is 6.26. The number of aromatic nitrogens is 2. The summed E-state index contributed by atoms with van der Waals surface area (Å²) >= 11 is 0. The summed E-state index contributed by atoms with van der Waals surface area (Å²) < 4.78 is 64.3. The highest BCUT2D eigenvalue weighted by molar-refractivity contribution is 6.05. The number of nitrogens with zero attached hydrogens (tertiary/aromatic N) is 4. The zero-order valence-electron chi connectivity index (χ0n) is 30.8. The van der Waals surface area contributed by atoms with Gasteiger partial charge in [0.2, 0.25) is 5.62 Å². The van der Waals surface area contributed by atoms with E-state index in [4.69, 9.17) is 29.8 Å². The van der Waals surface area contributed by atoms with Gasteiger partial charge in [0, 0.05) is 43.7 Å². The van der Waals surface area contributed by atoms with Gasteiger partial charge in [-0.15, -0.1) is 0 Å². The SMILES string of the molecule is CN(C(=N)c1ccc(OCCCn2ccn(CCCOc3ccc(C(=N)NC(=O)OC(C)(C)C)cc3)c2=NC(=O)C(F)(F)F)cc1)C(=O)OC(C)(C)C. The number of nitrogens with one attached hydrogen (secondary N) is 3. The summed E-state index contributed by atoms with van der Waals surface area (Å²) in [6, 6.07) is 12.9. The van der Waals surface area contributed by atoms with E-state index in [0.717, 1.165) is 4.90 Å². The first-order valence-electron chi connectivity index (χ1n) is 16.6. The van der Waals surface area contributed by atoms with E-state index in [9.17, 15) is 27.6 Å². The fourth-order valence-electron chi connectivity index (χ4n) is 4.46. The van der Waals surface area contributed by atoms with Gasteiger partial charge in [0.1, 0.15) is 34.4 Å². The van der Waals surface area contributed by atoms with Gasteiger partial charge in [0.25, 0.3) is 0 Å². The van der Waals surface area contributed by atoms with Crippen LogP contribution in [0.2, 0.25) is 0 Å². The number of alkyl carbamates (subject to hydrolysis) is 1. The monoisotopic (exact) mass is 745 g/mol. The molecule has 3 N–H and O–H groups in total. The van der Waals surface area contributed by atoms with Gasteiger partial charge in [-0.2, -0.15) is 18.2 Å². The maximum atomic E-state index is 13.1. The van der Waals surface area contributed by atoms with Gasteiger partial charge in [-0.3, -0.25) is 25.8 Å². The van der Waals surface area contributed by atoms with Crippen molar-refractivity contribution in [3.8, 4) is 11.5 Å². The van der Waals surface area contributed by atoms with Crippen molar-refractivity contribution in [1.82, 2.24) is 19.4 Å². The van der Waals surface area contributed by atoms with Crippen LogP contribution in [0.5, 0.6) is 11.5 Å². The van der Waals surface area contributed by atoms with E-state index in [1.54, 1.807) is 90.1 Å². The number of hydrogen-bond donors (Lipinski definition) is 3. The molecule has 2 aromatic carbocycles. The number of amides is 3. The van der Waals surface area contributed by atoms with Crippen molar-refractivity contribution >= 4 is 29.8 Å². The molecule has 0 aliphatic carbocycles. The van der Waals surface area contributed by atoms with Crippen molar-refractivity contribution in [2.45, 2.75) is 84.9 Å². The molecule has 0 fully saturated rings. The number of hydrogen-bond acceptors (Lipinski definition) is 9. The predicted molar refractivity (Wildman–Crippen MR) is 189 cm³/mol. The van der Waals surface area contributed by atoms with E-state index in [2.05, 4.69) is 10.3 Å². The highest BCUT2D eigenvalue weighted by atomic mass is 19.4. The van der Waals surface area contributed by atoms with Crippen LogP contribution in [-0.4, -0.2) is 81.4 Å². The normalized spacial score (nSPS) is 12.2. The van der Waals surface area contributed by atoms with Gasteiger partial charge < -0.3 is 28.1 Å². The van der Waals surface area contributed by atoms with Crippen LogP contribution in [0.15, 0.2) is 65.9 Å². The van der Waals surface area contributed by atoms with E-state index >= 15 is 0 Å². The fourth-order valence-corrected chi connectivity index (χ4v) is 4.46. The van der Waals surface area contributed by atoms with Crippen LogP contribution in [0.1, 0.15) is 65.5 Å². The standard InChI is InChI=1S/C36H46F3N7O7/c1-34(2,3)52-32(48)42-28(40)24-10-14-26(15-11-24)50-22-8-18-45-20-21-46(31(45)43-30(47)36(37,38)39)19-9-23-51-27-16-12-25(13-17-27)29(41)44(7)33(49)53-35(4,5)6/h10-17,20-21,41H,8-9,18-19,22-23H2,1-7H3,(H2,40,42,48). The van der Waals surface area contributed by atoms with Gasteiger partial charge in [-0.25, -0.2) is 9.59 Å². The van der Waals surface area contributed by atoms with Gasteiger partial charge in [0.05, 0.1) is 13.2 Å². The molecule has 0 atom stereocenters. The Morgan fingerprint density at radius 1 is 0.755 bits per heavy atom. The minimum atomic E-state index is -5.14. The molecule has 0 saturated heterocycles. The van der Waals surface area contributed by atoms with Crippen LogP contribution < -0.4 is 20.4 Å². The lowest BCUT2D eigenvalue weighted by molar-refractivity contribution is -0.169. The number of carbonyl (C=O) groups excluding carboxylic acids is 3. The maximum absolute atomic E-state index is 13.1. The summed E-state index contributed by atoms with van der Waals surface area (Å²) in [5.74, 6) is -1.49. The lowest BCUT2D eigenvalue weighted by atomic mass is 10.2. The Labute approximate surface area is 305 Å². The summed E-state index contributed by atoms with van der Waals surface area (Å²) in [5, 5.41) is 18.7. The zero-order chi connectivity index (χ0) is 39.6. The number of carbonyl (C=O) groups is 3. The second-order valence-electron chi connectivity index (χ2n) is 13.7. The highest BCUT2D eigenvalue weighted by Crippen LogP contribution is 2.18. The molecule has 288 valence electrons. The molecule has 3 rings (SSSR count). The van der Waals surface area contributed by atoms with Crippen LogP contribution >= 0.6 is 0 Å². The van der Waals surface area contributed by atoms with Crippen LogP contribution in [-0.2, 0) is 27.4 Å². The Bertz CT molecular complexity index is 1820. The Morgan fingerprint density at radius 2 is 1.21 bits per heavy atom. The Hall–Kier alpha value is -5.61. The molecule has 0 bridgehead atoms. The quantitative estimate of drug-likeness (QED) is 0.112. The molecule has 1 heterocycles. The van der Waals surface area contributed by atoms with Crippen molar-refractivity contribution < 1.29 is 46.5 Å². The number of ether oxygens (including phenoxy) is 4. The van der Waals surface area contributed by atoms with Crippen molar-refractivity contribution in [1.29, 1.82) is 10.8 Å². The number of amidine groups is 2. The topological polar surface area (TPSA) is 173 Å². The van der Waals surface area contributed by atoms with Crippen molar-refractivity contribution in [3.63, 3.8) is 0 Å². The summed E-state index contributed by atoms with van der Waals surface area (Å²) in [6.45, 7) is 11.1. The third-order valence-electron chi connectivity index (χ3n) is 6.91. The average Bonchev–Trinajstić information content (AvgIpc) is 3.43. The van der Waals surface area contributed by atoms with Crippen LogP contribution in [0.3, 0.4) is 0 Å². The molecule has 0 spiro atoms. The van der Waals surface area contributed by atoms with Gasteiger partial charge in [-0.1, -0.05) is 0 Å². The van der Waals surface area contributed by atoms with Crippen molar-refractivity contribution in [3.05, 3.63) is 77.7 Å². The van der Waals surface area contributed by atoms with E-state index in [1.807, 2.05) is 0 Å². The molecule has 1 aromatic heterocycles. The largest absolute Gasteiger partial charge is 0.494 e. The molecule has 0 unspecified atom stereocenters. The van der Waals surface area contributed by atoms with Crippen molar-refractivity contribution in [2.75, 3.05) is 20.3 Å². The summed E-state index contributed by atoms with van der Waals surface area (Å²) in [6.07, 6.45) is -2.77. The first kappa shape index (κ1) is 41.8. The van der Waals surface area contributed by atoms with Gasteiger partial charge in [0.15, 0.2) is 0 Å². The molecule has 17 heteroatoms. The second kappa shape index (κ2) is 17.7. The highest BCUT2D eigenvalue weighted by Gasteiger charge is 2.38. The average molecular weight is 746 g/mol. The van der Waals surface area contributed by atoms with Gasteiger partial charge in [-0.05, 0) is 103 Å². The number of imidazole rings is 1. The van der Waals surface area contributed by atoms with E-state index in [1.165, 1.54) is 28.6 Å². The molecular formula is C36H46F3N7O7. The summed E-state index contributed by atoms with van der Waals surface area (Å²) in [4.78, 5) is 40.5. The molecule has 3 aromatic rings. The number of benzene rings is 2. The molecule has 0 aliphatic rings. The molecule has 53 heavy (non-hydrogen) atoms. The van der Waals surface area contributed by atoms with Crippen LogP contribution in [0.4, 0.5) is 22.8 Å². The molecule has 0 radical (unpaired) electrons. The van der Waals surface area contributed by atoms with E-state index in [-0.39, 0.29) is 43.6 Å². The molecule has 0 aliphatic heterocycles. The second-order valence-corrected chi connectivity index (χ2v) is 13.7. The summed E-state index contributed by atoms with van der Waals surface area (Å²) in [7, 11) is 1.44. The number of aryl methyl sites for hydroxylation is 2. The maximum Gasteiger partial charge on any atom is 0.473 e. The Morgan fingerprint density at radius 3 is 1.64 bits per heavy atom. The van der Waals surface area contributed by atoms with Crippen LogP contribution in [0.25, 0.3) is 0 Å². The van der Waals surface area contributed by atoms with Gasteiger partial charge >= 0.3 is 24.3 Å². The van der Waals surface area contributed by atoms with E-state index in [0.29, 0.717) is 35.5 Å². The number of halogens is 3. The Kier molecular flexibility index (Phi) is 14.0. The zero-order valence-corrected chi connectivity index (χ0v) is 30.8. The minimum Gasteiger partial charge on any atom is -0.494 e. The lowest BCUT2D eigenvalue weighted by Crippen LogP contribution is -2.38. The number of rotatable bonds is 12. The third kappa shape index (κ3) is 13.8. The van der Waals surface area contributed by atoms with Crippen LogP contribution in [0, 0.1) is 10.8 Å². The molecule has 14 nitrogen and oxygen atoms in total. The first-order chi connectivity index (χ1) is 24.6. The third-order valence-corrected chi connectivity index (χ3v) is 6.91. The lowest BCUT2D eigenvalue weighted by Gasteiger charge is -2.25. The summed E-state index contributed by atoms with van der Waals surface area (Å²) in [5.41, 5.74) is -0.722. The molecule has 3 amide bonds. The molecule has 0 saturated carbocycles. The first-order valence-corrected chi connectivity index (χ1v) is 16.6. The van der Waals surface area contributed by atoms with Crippen molar-refractivity contribution in [2.24, 2.45) is 4.99 Å². The molecular weight excluding hydrogens is 699 g/mol. The smallest absolute Gasteiger partial charge is 0.473 e. The fraction of sp³-hybridized carbons (Fsp3) is 0.444. The number of alkyl halides is 3.